The highest BCUT2D eigenvalue weighted by molar-refractivity contribution is 7.10. The van der Waals surface area contributed by atoms with E-state index in [0.29, 0.717) is 12.2 Å². The van der Waals surface area contributed by atoms with Crippen molar-refractivity contribution in [2.45, 2.75) is 26.4 Å². The Hall–Kier alpha value is -1.70. The van der Waals surface area contributed by atoms with Crippen LogP contribution in [0.1, 0.15) is 28.6 Å². The van der Waals surface area contributed by atoms with Crippen LogP contribution in [-0.4, -0.2) is 4.98 Å². The predicted octanol–water partition coefficient (Wildman–Crippen LogP) is 2.87. The summed E-state index contributed by atoms with van der Waals surface area (Å²) in [6, 6.07) is 8.09. The number of hydrogen-bond donors (Lipinski definition) is 1. The smallest absolute Gasteiger partial charge is 0.144 e. The Kier molecular flexibility index (Phi) is 4.46. The fraction of sp³-hybridized carbons (Fsp3) is 0.286. The number of rotatable bonds is 5. The standard InChI is InChI=1S/C14H15N3S/c1-2-11-5-7-18-14(11)10-16-9-12-4-3-6-17-13(12)8-15/h3-7,16H,2,9-10H2,1H3. The van der Waals surface area contributed by atoms with E-state index in [4.69, 9.17) is 5.26 Å². The van der Waals surface area contributed by atoms with Gasteiger partial charge in [0.1, 0.15) is 11.8 Å². The van der Waals surface area contributed by atoms with Crippen LogP contribution in [0, 0.1) is 11.3 Å². The average molecular weight is 257 g/mol. The van der Waals surface area contributed by atoms with Gasteiger partial charge in [0.15, 0.2) is 0 Å². The molecule has 4 heteroatoms. The van der Waals surface area contributed by atoms with Gasteiger partial charge in [-0.25, -0.2) is 4.98 Å². The van der Waals surface area contributed by atoms with Gasteiger partial charge in [0, 0.05) is 29.7 Å². The first-order valence-electron chi connectivity index (χ1n) is 5.95. The molecule has 0 bridgehead atoms. The molecule has 18 heavy (non-hydrogen) atoms. The molecular formula is C14H15N3S. The Morgan fingerprint density at radius 1 is 1.33 bits per heavy atom. The minimum atomic E-state index is 0.506. The fourth-order valence-corrected chi connectivity index (χ4v) is 2.78. The zero-order valence-electron chi connectivity index (χ0n) is 10.3. The van der Waals surface area contributed by atoms with E-state index in [0.717, 1.165) is 18.5 Å². The van der Waals surface area contributed by atoms with Crippen LogP contribution in [0.25, 0.3) is 0 Å². The Morgan fingerprint density at radius 2 is 2.22 bits per heavy atom. The lowest BCUT2D eigenvalue weighted by Crippen LogP contribution is -2.14. The number of nitrogens with one attached hydrogen (secondary N) is 1. The molecule has 1 N–H and O–H groups in total. The van der Waals surface area contributed by atoms with Crippen LogP contribution in [0.5, 0.6) is 0 Å². The predicted molar refractivity (Wildman–Crippen MR) is 73.2 cm³/mol. The van der Waals surface area contributed by atoms with Crippen molar-refractivity contribution in [2.24, 2.45) is 0 Å². The lowest BCUT2D eigenvalue weighted by molar-refractivity contribution is 0.693. The van der Waals surface area contributed by atoms with E-state index >= 15 is 0 Å². The van der Waals surface area contributed by atoms with Crippen molar-refractivity contribution in [1.29, 1.82) is 5.26 Å². The second-order valence-corrected chi connectivity index (χ2v) is 4.95. The topological polar surface area (TPSA) is 48.7 Å². The highest BCUT2D eigenvalue weighted by Gasteiger charge is 2.04. The van der Waals surface area contributed by atoms with Crippen LogP contribution in [0.2, 0.25) is 0 Å². The highest BCUT2D eigenvalue weighted by Crippen LogP contribution is 2.17. The molecule has 0 atom stereocenters. The summed E-state index contributed by atoms with van der Waals surface area (Å²) in [5.74, 6) is 0. The molecule has 0 aromatic carbocycles. The Balaban J connectivity index is 1.95. The molecule has 0 amide bonds. The maximum atomic E-state index is 8.95. The van der Waals surface area contributed by atoms with E-state index < -0.39 is 0 Å². The number of nitriles is 1. The summed E-state index contributed by atoms with van der Waals surface area (Å²) < 4.78 is 0. The second-order valence-electron chi connectivity index (χ2n) is 3.95. The SMILES string of the molecule is CCc1ccsc1CNCc1cccnc1C#N. The molecule has 0 aliphatic carbocycles. The molecule has 0 aliphatic rings. The summed E-state index contributed by atoms with van der Waals surface area (Å²) in [4.78, 5) is 5.42. The van der Waals surface area contributed by atoms with Gasteiger partial charge in [-0.15, -0.1) is 11.3 Å². The number of pyridine rings is 1. The summed E-state index contributed by atoms with van der Waals surface area (Å²) >= 11 is 1.78. The first-order chi connectivity index (χ1) is 8.85. The lowest BCUT2D eigenvalue weighted by Gasteiger charge is -2.06. The van der Waals surface area contributed by atoms with Crippen molar-refractivity contribution in [3.05, 3.63) is 51.5 Å². The number of nitrogens with zero attached hydrogens (tertiary/aromatic N) is 2. The Morgan fingerprint density at radius 3 is 3.00 bits per heavy atom. The Bertz CT molecular complexity index is 554. The van der Waals surface area contributed by atoms with Crippen LogP contribution in [0.3, 0.4) is 0 Å². The van der Waals surface area contributed by atoms with Crippen LogP contribution < -0.4 is 5.32 Å². The molecular weight excluding hydrogens is 242 g/mol. The summed E-state index contributed by atoms with van der Waals surface area (Å²) in [5, 5.41) is 14.4. The number of aromatic nitrogens is 1. The summed E-state index contributed by atoms with van der Waals surface area (Å²) in [5.41, 5.74) is 2.86. The molecule has 0 saturated heterocycles. The zero-order valence-corrected chi connectivity index (χ0v) is 11.1. The van der Waals surface area contributed by atoms with Gasteiger partial charge in [-0.05, 0) is 29.5 Å². The van der Waals surface area contributed by atoms with E-state index in [-0.39, 0.29) is 0 Å². The first-order valence-corrected chi connectivity index (χ1v) is 6.83. The molecule has 2 aromatic rings. The van der Waals surface area contributed by atoms with Crippen LogP contribution >= 0.6 is 11.3 Å². The molecule has 0 spiro atoms. The Labute approximate surface area is 111 Å². The number of hydrogen-bond acceptors (Lipinski definition) is 4. The van der Waals surface area contributed by atoms with Crippen molar-refractivity contribution in [1.82, 2.24) is 10.3 Å². The van der Waals surface area contributed by atoms with Crippen molar-refractivity contribution >= 4 is 11.3 Å². The van der Waals surface area contributed by atoms with Gasteiger partial charge < -0.3 is 5.32 Å². The quantitative estimate of drug-likeness (QED) is 0.896. The number of aryl methyl sites for hydroxylation is 1. The second kappa shape index (κ2) is 6.29. The van der Waals surface area contributed by atoms with Gasteiger partial charge in [0.2, 0.25) is 0 Å². The third-order valence-electron chi connectivity index (χ3n) is 2.82. The third kappa shape index (κ3) is 2.95. The van der Waals surface area contributed by atoms with Crippen molar-refractivity contribution in [2.75, 3.05) is 0 Å². The minimum absolute atomic E-state index is 0.506. The first kappa shape index (κ1) is 12.7. The summed E-state index contributed by atoms with van der Waals surface area (Å²) in [6.45, 7) is 3.69. The van der Waals surface area contributed by atoms with Crippen molar-refractivity contribution in [3.8, 4) is 6.07 Å². The zero-order chi connectivity index (χ0) is 12.8. The van der Waals surface area contributed by atoms with Crippen LogP contribution in [-0.2, 0) is 19.5 Å². The fourth-order valence-electron chi connectivity index (χ4n) is 1.83. The van der Waals surface area contributed by atoms with Gasteiger partial charge in [-0.2, -0.15) is 5.26 Å². The minimum Gasteiger partial charge on any atom is -0.308 e. The molecule has 2 heterocycles. The molecule has 2 rings (SSSR count). The van der Waals surface area contributed by atoms with Crippen LogP contribution in [0.4, 0.5) is 0 Å². The van der Waals surface area contributed by atoms with Gasteiger partial charge in [-0.1, -0.05) is 13.0 Å². The van der Waals surface area contributed by atoms with E-state index in [1.807, 2.05) is 12.1 Å². The molecule has 92 valence electrons. The molecule has 0 saturated carbocycles. The maximum Gasteiger partial charge on any atom is 0.144 e. The van der Waals surface area contributed by atoms with E-state index in [1.165, 1.54) is 10.4 Å². The van der Waals surface area contributed by atoms with Gasteiger partial charge in [-0.3, -0.25) is 0 Å². The van der Waals surface area contributed by atoms with E-state index in [9.17, 15) is 0 Å². The van der Waals surface area contributed by atoms with Crippen LogP contribution in [0.15, 0.2) is 29.8 Å². The molecule has 0 unspecified atom stereocenters. The molecule has 0 aliphatic heterocycles. The largest absolute Gasteiger partial charge is 0.308 e. The number of thiophene rings is 1. The normalized spacial score (nSPS) is 10.2. The molecule has 3 nitrogen and oxygen atoms in total. The molecule has 2 aromatic heterocycles. The lowest BCUT2D eigenvalue weighted by atomic mass is 10.2. The molecule has 0 radical (unpaired) electrons. The van der Waals surface area contributed by atoms with Crippen molar-refractivity contribution in [3.63, 3.8) is 0 Å². The summed E-state index contributed by atoms with van der Waals surface area (Å²) in [7, 11) is 0. The van der Waals surface area contributed by atoms with Crippen molar-refractivity contribution < 1.29 is 0 Å². The average Bonchev–Trinajstić information content (AvgIpc) is 2.87. The third-order valence-corrected chi connectivity index (χ3v) is 3.78. The maximum absolute atomic E-state index is 8.95. The van der Waals surface area contributed by atoms with E-state index in [1.54, 1.807) is 17.5 Å². The van der Waals surface area contributed by atoms with Gasteiger partial charge >= 0.3 is 0 Å². The monoisotopic (exact) mass is 257 g/mol. The van der Waals surface area contributed by atoms with Gasteiger partial charge in [0.25, 0.3) is 0 Å². The summed E-state index contributed by atoms with van der Waals surface area (Å²) in [6.07, 6.45) is 2.72. The molecule has 0 fully saturated rings. The highest BCUT2D eigenvalue weighted by atomic mass is 32.1. The van der Waals surface area contributed by atoms with Gasteiger partial charge in [0.05, 0.1) is 0 Å². The van der Waals surface area contributed by atoms with E-state index in [2.05, 4.69) is 34.7 Å².